The van der Waals surface area contributed by atoms with Crippen LogP contribution in [0.15, 0.2) is 59.7 Å². The highest BCUT2D eigenvalue weighted by molar-refractivity contribution is 5.84. The van der Waals surface area contributed by atoms with Crippen LogP contribution in [0.2, 0.25) is 0 Å². The van der Waals surface area contributed by atoms with Gasteiger partial charge in [-0.2, -0.15) is 0 Å². The molecule has 1 aromatic heterocycles. The molecule has 1 amide bonds. The van der Waals surface area contributed by atoms with Gasteiger partial charge < -0.3 is 10.0 Å². The quantitative estimate of drug-likeness (QED) is 0.749. The van der Waals surface area contributed by atoms with Crippen molar-refractivity contribution in [2.45, 2.75) is 32.0 Å². The molecule has 0 spiro atoms. The van der Waals surface area contributed by atoms with E-state index < -0.39 is 12.0 Å². The van der Waals surface area contributed by atoms with E-state index in [1.807, 2.05) is 30.3 Å². The normalized spacial score (nSPS) is 16.0. The van der Waals surface area contributed by atoms with E-state index in [1.165, 1.54) is 15.8 Å². The van der Waals surface area contributed by atoms with Crippen molar-refractivity contribution in [2.24, 2.45) is 0 Å². The second-order valence-corrected chi connectivity index (χ2v) is 6.86. The van der Waals surface area contributed by atoms with E-state index in [-0.39, 0.29) is 37.4 Å². The zero-order chi connectivity index (χ0) is 19.7. The van der Waals surface area contributed by atoms with Crippen molar-refractivity contribution in [1.82, 2.24) is 14.5 Å². The highest BCUT2D eigenvalue weighted by Crippen LogP contribution is 2.24. The monoisotopic (exact) mass is 377 g/mol. The summed E-state index contributed by atoms with van der Waals surface area (Å²) < 4.78 is 1.40. The lowest BCUT2D eigenvalue weighted by Gasteiger charge is -2.34. The molecule has 0 saturated carbocycles. The van der Waals surface area contributed by atoms with Crippen LogP contribution in [0.25, 0.3) is 10.9 Å². The number of aliphatic carboxylic acids is 1. The van der Waals surface area contributed by atoms with Crippen LogP contribution in [0.1, 0.15) is 17.5 Å². The molecule has 7 heteroatoms. The summed E-state index contributed by atoms with van der Waals surface area (Å²) in [5, 5.41) is 10.1. The van der Waals surface area contributed by atoms with Gasteiger partial charge in [-0.25, -0.2) is 9.78 Å². The fraction of sp³-hybridized carbons (Fsp3) is 0.238. The molecule has 0 saturated heterocycles. The van der Waals surface area contributed by atoms with Crippen molar-refractivity contribution in [3.8, 4) is 0 Å². The Morgan fingerprint density at radius 1 is 1.07 bits per heavy atom. The van der Waals surface area contributed by atoms with Crippen LogP contribution in [0.3, 0.4) is 0 Å². The van der Waals surface area contributed by atoms with Crippen molar-refractivity contribution < 1.29 is 14.7 Å². The lowest BCUT2D eigenvalue weighted by atomic mass is 9.93. The molecule has 1 aliphatic rings. The molecule has 1 unspecified atom stereocenters. The Morgan fingerprint density at radius 2 is 1.79 bits per heavy atom. The molecule has 1 aliphatic heterocycles. The van der Waals surface area contributed by atoms with Gasteiger partial charge in [0.1, 0.15) is 6.04 Å². The molecule has 2 aromatic carbocycles. The summed E-state index contributed by atoms with van der Waals surface area (Å²) >= 11 is 0. The zero-order valence-electron chi connectivity index (χ0n) is 15.1. The summed E-state index contributed by atoms with van der Waals surface area (Å²) in [6, 6.07) is 13.7. The summed E-state index contributed by atoms with van der Waals surface area (Å²) in [4.78, 5) is 42.7. The third-order valence-electron chi connectivity index (χ3n) is 5.15. The Kier molecular flexibility index (Phi) is 4.65. The maximum Gasteiger partial charge on any atom is 0.326 e. The van der Waals surface area contributed by atoms with E-state index >= 15 is 0 Å². The third kappa shape index (κ3) is 3.26. The van der Waals surface area contributed by atoms with Crippen molar-refractivity contribution >= 4 is 22.8 Å². The molecule has 28 heavy (non-hydrogen) atoms. The molecule has 1 atom stereocenters. The molecule has 1 N–H and O–H groups in total. The number of benzene rings is 2. The number of hydrogen-bond donors (Lipinski definition) is 1. The average molecular weight is 377 g/mol. The summed E-state index contributed by atoms with van der Waals surface area (Å²) in [6.07, 6.45) is 1.75. The predicted octanol–water partition coefficient (Wildman–Crippen LogP) is 1.82. The average Bonchev–Trinajstić information content (AvgIpc) is 2.72. The molecule has 0 radical (unpaired) electrons. The SMILES string of the molecule is O=C(O)C1Cc2ccccc2CN1C(=O)CCn1cnc2ccccc2c1=O. The number of hydrogen-bond acceptors (Lipinski definition) is 4. The number of carbonyl (C=O) groups is 2. The summed E-state index contributed by atoms with van der Waals surface area (Å²) in [6.45, 7) is 0.414. The lowest BCUT2D eigenvalue weighted by Crippen LogP contribution is -2.48. The number of carboxylic acid groups (broad SMARTS) is 1. The van der Waals surface area contributed by atoms with Crippen molar-refractivity contribution in [3.63, 3.8) is 0 Å². The van der Waals surface area contributed by atoms with Gasteiger partial charge in [-0.1, -0.05) is 36.4 Å². The molecular formula is C21H19N3O4. The largest absolute Gasteiger partial charge is 0.480 e. The topological polar surface area (TPSA) is 92.5 Å². The van der Waals surface area contributed by atoms with E-state index in [2.05, 4.69) is 4.98 Å². The maximum atomic E-state index is 12.8. The fourth-order valence-corrected chi connectivity index (χ4v) is 3.63. The standard InChI is InChI=1S/C21H19N3O4/c25-19(9-10-23-13-22-17-8-4-3-7-16(17)20(23)26)24-12-15-6-2-1-5-14(15)11-18(24)21(27)28/h1-8,13,18H,9-12H2,(H,27,28). The molecule has 142 valence electrons. The van der Waals surface area contributed by atoms with Crippen molar-refractivity contribution in [3.05, 3.63) is 76.3 Å². The third-order valence-corrected chi connectivity index (χ3v) is 5.15. The minimum atomic E-state index is -1.02. The molecule has 0 aliphatic carbocycles. The first kappa shape index (κ1) is 17.9. The van der Waals surface area contributed by atoms with E-state index in [0.29, 0.717) is 10.9 Å². The number of nitrogens with zero attached hydrogens (tertiary/aromatic N) is 3. The number of aryl methyl sites for hydroxylation is 1. The maximum absolute atomic E-state index is 12.8. The first-order valence-electron chi connectivity index (χ1n) is 9.08. The molecule has 2 heterocycles. The predicted molar refractivity (Wildman–Crippen MR) is 103 cm³/mol. The van der Waals surface area contributed by atoms with Crippen molar-refractivity contribution in [1.29, 1.82) is 0 Å². The van der Waals surface area contributed by atoms with Crippen LogP contribution < -0.4 is 5.56 Å². The van der Waals surface area contributed by atoms with Gasteiger partial charge in [-0.3, -0.25) is 14.2 Å². The second kappa shape index (κ2) is 7.26. The molecule has 3 aromatic rings. The van der Waals surface area contributed by atoms with Gasteiger partial charge in [0, 0.05) is 25.9 Å². The van der Waals surface area contributed by atoms with Crippen LogP contribution in [0.5, 0.6) is 0 Å². The van der Waals surface area contributed by atoms with Crippen LogP contribution >= 0.6 is 0 Å². The Bertz CT molecular complexity index is 1120. The molecular weight excluding hydrogens is 358 g/mol. The van der Waals surface area contributed by atoms with Gasteiger partial charge in [0.15, 0.2) is 0 Å². The fourth-order valence-electron chi connectivity index (χ4n) is 3.63. The van der Waals surface area contributed by atoms with Gasteiger partial charge >= 0.3 is 5.97 Å². The van der Waals surface area contributed by atoms with E-state index in [9.17, 15) is 19.5 Å². The number of aromatic nitrogens is 2. The number of fused-ring (bicyclic) bond motifs is 2. The Balaban J connectivity index is 1.54. The van der Waals surface area contributed by atoms with Gasteiger partial charge in [0.05, 0.1) is 17.2 Å². The van der Waals surface area contributed by atoms with Crippen LogP contribution in [-0.4, -0.2) is 37.5 Å². The van der Waals surface area contributed by atoms with Gasteiger partial charge in [0.25, 0.3) is 5.56 Å². The Hall–Kier alpha value is -3.48. The summed E-state index contributed by atoms with van der Waals surface area (Å²) in [5.41, 5.74) is 2.30. The first-order chi connectivity index (χ1) is 13.5. The molecule has 0 bridgehead atoms. The number of rotatable bonds is 4. The zero-order valence-corrected chi connectivity index (χ0v) is 15.1. The molecule has 4 rings (SSSR count). The van der Waals surface area contributed by atoms with Gasteiger partial charge in [0.2, 0.25) is 5.91 Å². The van der Waals surface area contributed by atoms with Gasteiger partial charge in [-0.05, 0) is 23.3 Å². The van der Waals surface area contributed by atoms with Crippen molar-refractivity contribution in [2.75, 3.05) is 0 Å². The second-order valence-electron chi connectivity index (χ2n) is 6.86. The van der Waals surface area contributed by atoms with Crippen LogP contribution in [0, 0.1) is 0 Å². The number of para-hydroxylation sites is 1. The van der Waals surface area contributed by atoms with E-state index in [0.717, 1.165) is 11.1 Å². The Morgan fingerprint density at radius 3 is 2.57 bits per heavy atom. The molecule has 0 fully saturated rings. The first-order valence-corrected chi connectivity index (χ1v) is 9.08. The van der Waals surface area contributed by atoms with Crippen LogP contribution in [0.4, 0.5) is 0 Å². The number of carboxylic acids is 1. The highest BCUT2D eigenvalue weighted by Gasteiger charge is 2.34. The minimum Gasteiger partial charge on any atom is -0.480 e. The number of carbonyl (C=O) groups excluding carboxylic acids is 1. The van der Waals surface area contributed by atoms with Crippen LogP contribution in [-0.2, 0) is 29.1 Å². The number of amides is 1. The summed E-state index contributed by atoms with van der Waals surface area (Å²) in [5.74, 6) is -1.31. The van der Waals surface area contributed by atoms with Gasteiger partial charge in [-0.15, -0.1) is 0 Å². The lowest BCUT2D eigenvalue weighted by molar-refractivity contribution is -0.151. The minimum absolute atomic E-state index is 0.0336. The molecule has 7 nitrogen and oxygen atoms in total. The van der Waals surface area contributed by atoms with E-state index in [1.54, 1.807) is 18.2 Å². The smallest absolute Gasteiger partial charge is 0.326 e. The van der Waals surface area contributed by atoms with E-state index in [4.69, 9.17) is 0 Å². The summed E-state index contributed by atoms with van der Waals surface area (Å²) in [7, 11) is 0. The highest BCUT2D eigenvalue weighted by atomic mass is 16.4. The Labute approximate surface area is 160 Å².